The molecule has 22 heavy (non-hydrogen) atoms. The molecular formula is C17H27N5. The molecule has 0 aromatic heterocycles. The minimum absolute atomic E-state index is 0.444. The van der Waals surface area contributed by atoms with Crippen LogP contribution in [-0.4, -0.2) is 62.1 Å². The van der Waals surface area contributed by atoms with E-state index in [0.717, 1.165) is 31.9 Å². The van der Waals surface area contributed by atoms with Crippen LogP contribution in [0, 0.1) is 0 Å². The summed E-state index contributed by atoms with van der Waals surface area (Å²) in [6.07, 6.45) is 3.66. The Labute approximate surface area is 133 Å². The minimum Gasteiger partial charge on any atom is -0.370 e. The second-order valence-electron chi connectivity index (χ2n) is 6.58. The van der Waals surface area contributed by atoms with Crippen LogP contribution in [0.25, 0.3) is 0 Å². The molecule has 1 atom stereocenters. The second kappa shape index (κ2) is 6.67. The molecule has 1 aromatic rings. The Kier molecular flexibility index (Phi) is 4.64. The molecule has 0 saturated carbocycles. The number of nitrogens with two attached hydrogens (primary N) is 1. The van der Waals surface area contributed by atoms with Gasteiger partial charge in [-0.3, -0.25) is 9.89 Å². The Bertz CT molecular complexity index is 554. The smallest absolute Gasteiger partial charge is 0.193 e. The van der Waals surface area contributed by atoms with Crippen LogP contribution in [0.15, 0.2) is 23.2 Å². The van der Waals surface area contributed by atoms with Gasteiger partial charge in [0.15, 0.2) is 5.96 Å². The molecule has 1 heterocycles. The first-order valence-electron chi connectivity index (χ1n) is 8.19. The largest absolute Gasteiger partial charge is 0.370 e. The molecule has 0 spiro atoms. The summed E-state index contributed by atoms with van der Waals surface area (Å²) >= 11 is 0. The van der Waals surface area contributed by atoms with Gasteiger partial charge in [-0.2, -0.15) is 0 Å². The number of piperazine rings is 1. The van der Waals surface area contributed by atoms with Gasteiger partial charge in [-0.1, -0.05) is 6.07 Å². The fourth-order valence-electron chi connectivity index (χ4n) is 3.34. The fraction of sp³-hybridized carbons (Fsp3) is 0.588. The number of aryl methyl sites for hydroxylation is 2. The van der Waals surface area contributed by atoms with Gasteiger partial charge in [0.1, 0.15) is 0 Å². The van der Waals surface area contributed by atoms with E-state index in [1.165, 1.54) is 30.4 Å². The molecule has 1 fully saturated rings. The number of nitrogens with one attached hydrogen (secondary N) is 1. The van der Waals surface area contributed by atoms with Crippen molar-refractivity contribution in [1.82, 2.24) is 9.80 Å². The third-order valence-corrected chi connectivity index (χ3v) is 4.82. The summed E-state index contributed by atoms with van der Waals surface area (Å²) in [5.41, 5.74) is 10.0. The van der Waals surface area contributed by atoms with Crippen molar-refractivity contribution >= 4 is 11.6 Å². The van der Waals surface area contributed by atoms with Crippen LogP contribution in [0.5, 0.6) is 0 Å². The average molecular weight is 301 g/mol. The highest BCUT2D eigenvalue weighted by Crippen LogP contribution is 2.24. The van der Waals surface area contributed by atoms with Crippen LogP contribution < -0.4 is 11.1 Å². The third kappa shape index (κ3) is 3.59. The van der Waals surface area contributed by atoms with E-state index in [1.54, 1.807) is 0 Å². The van der Waals surface area contributed by atoms with E-state index < -0.39 is 0 Å². The first-order valence-corrected chi connectivity index (χ1v) is 8.19. The Morgan fingerprint density at radius 2 is 2.09 bits per heavy atom. The Morgan fingerprint density at radius 1 is 1.27 bits per heavy atom. The van der Waals surface area contributed by atoms with Crippen molar-refractivity contribution in [3.8, 4) is 0 Å². The van der Waals surface area contributed by atoms with Gasteiger partial charge < -0.3 is 16.0 Å². The zero-order chi connectivity index (χ0) is 15.5. The van der Waals surface area contributed by atoms with Gasteiger partial charge in [-0.25, -0.2) is 0 Å². The van der Waals surface area contributed by atoms with Gasteiger partial charge in [0.05, 0.1) is 6.54 Å². The average Bonchev–Trinajstić information content (AvgIpc) is 2.96. The van der Waals surface area contributed by atoms with Crippen LogP contribution >= 0.6 is 0 Å². The number of aliphatic imine (C=N–C) groups is 1. The molecule has 0 bridgehead atoms. The Morgan fingerprint density at radius 3 is 2.95 bits per heavy atom. The lowest BCUT2D eigenvalue weighted by atomic mass is 10.1. The molecule has 1 saturated heterocycles. The monoisotopic (exact) mass is 301 g/mol. The first kappa shape index (κ1) is 15.3. The van der Waals surface area contributed by atoms with E-state index >= 15 is 0 Å². The molecule has 1 aliphatic heterocycles. The zero-order valence-electron chi connectivity index (χ0n) is 13.7. The summed E-state index contributed by atoms with van der Waals surface area (Å²) in [7, 11) is 4.33. The second-order valence-corrected chi connectivity index (χ2v) is 6.58. The Balaban J connectivity index is 1.58. The van der Waals surface area contributed by atoms with Crippen molar-refractivity contribution in [1.29, 1.82) is 0 Å². The highest BCUT2D eigenvalue weighted by atomic mass is 15.3. The predicted molar refractivity (Wildman–Crippen MR) is 92.5 cm³/mol. The van der Waals surface area contributed by atoms with Gasteiger partial charge in [-0.15, -0.1) is 0 Å². The van der Waals surface area contributed by atoms with Crippen LogP contribution in [-0.2, 0) is 12.8 Å². The summed E-state index contributed by atoms with van der Waals surface area (Å²) in [6.45, 7) is 4.01. The van der Waals surface area contributed by atoms with Crippen LogP contribution in [0.1, 0.15) is 17.5 Å². The highest BCUT2D eigenvalue weighted by Gasteiger charge is 2.21. The number of benzene rings is 1. The summed E-state index contributed by atoms with van der Waals surface area (Å²) in [6, 6.07) is 6.97. The lowest BCUT2D eigenvalue weighted by molar-refractivity contribution is 0.119. The standard InChI is InChI=1S/C17H27N5/c1-21-8-9-22(2)16(12-21)11-19-17(18)20-15-7-6-13-4-3-5-14(13)10-15/h6-7,10,16H,3-5,8-9,11-12H2,1-2H3,(H3,18,19,20). The molecule has 1 aliphatic carbocycles. The van der Waals surface area contributed by atoms with Crippen molar-refractivity contribution in [2.75, 3.05) is 45.6 Å². The summed E-state index contributed by atoms with van der Waals surface area (Å²) in [5.74, 6) is 0.513. The van der Waals surface area contributed by atoms with E-state index in [0.29, 0.717) is 12.0 Å². The SMILES string of the molecule is CN1CCN(C)C(CN=C(N)Nc2ccc3c(c2)CCC3)C1. The number of hydrogen-bond donors (Lipinski definition) is 2. The molecule has 1 aromatic carbocycles. The van der Waals surface area contributed by atoms with E-state index in [4.69, 9.17) is 5.73 Å². The topological polar surface area (TPSA) is 56.9 Å². The van der Waals surface area contributed by atoms with E-state index in [-0.39, 0.29) is 0 Å². The predicted octanol–water partition coefficient (Wildman–Crippen LogP) is 1.15. The van der Waals surface area contributed by atoms with Crippen molar-refractivity contribution in [2.24, 2.45) is 10.7 Å². The number of hydrogen-bond acceptors (Lipinski definition) is 3. The molecule has 5 heteroatoms. The Hall–Kier alpha value is -1.59. The fourth-order valence-corrected chi connectivity index (χ4v) is 3.34. The van der Waals surface area contributed by atoms with Crippen molar-refractivity contribution in [3.63, 3.8) is 0 Å². The normalized spacial score (nSPS) is 23.5. The van der Waals surface area contributed by atoms with E-state index in [9.17, 15) is 0 Å². The van der Waals surface area contributed by atoms with Gasteiger partial charge in [0.2, 0.25) is 0 Å². The maximum Gasteiger partial charge on any atom is 0.193 e. The van der Waals surface area contributed by atoms with E-state index in [1.807, 2.05) is 0 Å². The summed E-state index contributed by atoms with van der Waals surface area (Å²) in [5, 5.41) is 3.23. The van der Waals surface area contributed by atoms with Crippen LogP contribution in [0.4, 0.5) is 5.69 Å². The van der Waals surface area contributed by atoms with Crippen molar-refractivity contribution in [3.05, 3.63) is 29.3 Å². The molecule has 5 nitrogen and oxygen atoms in total. The number of anilines is 1. The number of guanidine groups is 1. The molecule has 0 amide bonds. The number of rotatable bonds is 3. The molecule has 0 radical (unpaired) electrons. The molecule has 3 rings (SSSR count). The van der Waals surface area contributed by atoms with Crippen LogP contribution in [0.3, 0.4) is 0 Å². The maximum absolute atomic E-state index is 6.05. The number of nitrogens with zero attached hydrogens (tertiary/aromatic N) is 3. The lowest BCUT2D eigenvalue weighted by Crippen LogP contribution is -2.51. The summed E-state index contributed by atoms with van der Waals surface area (Å²) in [4.78, 5) is 9.26. The minimum atomic E-state index is 0.444. The van der Waals surface area contributed by atoms with Gasteiger partial charge in [0, 0.05) is 31.4 Å². The molecule has 2 aliphatic rings. The van der Waals surface area contributed by atoms with Gasteiger partial charge >= 0.3 is 0 Å². The molecule has 1 unspecified atom stereocenters. The van der Waals surface area contributed by atoms with E-state index in [2.05, 4.69) is 52.4 Å². The van der Waals surface area contributed by atoms with Crippen molar-refractivity contribution < 1.29 is 0 Å². The quantitative estimate of drug-likeness (QED) is 0.649. The lowest BCUT2D eigenvalue weighted by Gasteiger charge is -2.36. The summed E-state index contributed by atoms with van der Waals surface area (Å²) < 4.78 is 0. The first-order chi connectivity index (χ1) is 10.6. The maximum atomic E-state index is 6.05. The van der Waals surface area contributed by atoms with Gasteiger partial charge in [0.25, 0.3) is 0 Å². The third-order valence-electron chi connectivity index (χ3n) is 4.82. The van der Waals surface area contributed by atoms with Crippen LogP contribution in [0.2, 0.25) is 0 Å². The zero-order valence-corrected chi connectivity index (χ0v) is 13.7. The number of fused-ring (bicyclic) bond motifs is 1. The number of likely N-dealkylation sites (N-methyl/N-ethyl adjacent to an activating group) is 2. The molecule has 120 valence electrons. The molecular weight excluding hydrogens is 274 g/mol. The highest BCUT2D eigenvalue weighted by molar-refractivity contribution is 5.92. The van der Waals surface area contributed by atoms with Crippen molar-refractivity contribution in [2.45, 2.75) is 25.3 Å². The molecule has 3 N–H and O–H groups in total. The van der Waals surface area contributed by atoms with Gasteiger partial charge in [-0.05, 0) is 56.6 Å².